The zero-order chi connectivity index (χ0) is 12.8. The highest BCUT2D eigenvalue weighted by atomic mass is 16.5. The third-order valence-electron chi connectivity index (χ3n) is 3.03. The Hall–Kier alpha value is -1.77. The van der Waals surface area contributed by atoms with Crippen LogP contribution in [-0.2, 0) is 4.79 Å². The van der Waals surface area contributed by atoms with Crippen LogP contribution in [0.5, 0.6) is 5.75 Å². The van der Waals surface area contributed by atoms with Crippen LogP contribution in [0.25, 0.3) is 6.08 Å². The molecule has 18 heavy (non-hydrogen) atoms. The SMILES string of the molecule is CCOc1ccc(/C=C/C(=O)N2CCCC2)cc1. The smallest absolute Gasteiger partial charge is 0.246 e. The van der Waals surface area contributed by atoms with Gasteiger partial charge in [-0.3, -0.25) is 4.79 Å². The van der Waals surface area contributed by atoms with E-state index in [-0.39, 0.29) is 5.91 Å². The maximum atomic E-state index is 11.8. The Morgan fingerprint density at radius 3 is 2.56 bits per heavy atom. The normalized spacial score (nSPS) is 15.3. The van der Waals surface area contributed by atoms with Crippen molar-refractivity contribution in [3.63, 3.8) is 0 Å². The van der Waals surface area contributed by atoms with Gasteiger partial charge in [-0.05, 0) is 43.5 Å². The summed E-state index contributed by atoms with van der Waals surface area (Å²) in [6.07, 6.45) is 5.77. The molecule has 0 bridgehead atoms. The monoisotopic (exact) mass is 245 g/mol. The van der Waals surface area contributed by atoms with Crippen LogP contribution in [0, 0.1) is 0 Å². The average Bonchev–Trinajstić information content (AvgIpc) is 2.92. The summed E-state index contributed by atoms with van der Waals surface area (Å²) in [5, 5.41) is 0. The molecule has 0 saturated carbocycles. The quantitative estimate of drug-likeness (QED) is 0.763. The van der Waals surface area contributed by atoms with E-state index in [1.807, 2.05) is 42.2 Å². The van der Waals surface area contributed by atoms with Crippen LogP contribution in [-0.4, -0.2) is 30.5 Å². The molecule has 1 aromatic rings. The molecule has 3 nitrogen and oxygen atoms in total. The summed E-state index contributed by atoms with van der Waals surface area (Å²) >= 11 is 0. The maximum Gasteiger partial charge on any atom is 0.246 e. The molecule has 1 heterocycles. The van der Waals surface area contributed by atoms with E-state index in [1.54, 1.807) is 6.08 Å². The number of carbonyl (C=O) groups excluding carboxylic acids is 1. The summed E-state index contributed by atoms with van der Waals surface area (Å²) in [7, 11) is 0. The summed E-state index contributed by atoms with van der Waals surface area (Å²) in [5.41, 5.74) is 1.02. The highest BCUT2D eigenvalue weighted by Crippen LogP contribution is 2.14. The molecular weight excluding hydrogens is 226 g/mol. The minimum absolute atomic E-state index is 0.112. The van der Waals surface area contributed by atoms with Gasteiger partial charge in [0, 0.05) is 19.2 Å². The van der Waals surface area contributed by atoms with E-state index in [4.69, 9.17) is 4.74 Å². The van der Waals surface area contributed by atoms with E-state index < -0.39 is 0 Å². The second-order valence-corrected chi connectivity index (χ2v) is 4.37. The number of carbonyl (C=O) groups is 1. The lowest BCUT2D eigenvalue weighted by atomic mass is 10.2. The Morgan fingerprint density at radius 1 is 1.28 bits per heavy atom. The van der Waals surface area contributed by atoms with Gasteiger partial charge >= 0.3 is 0 Å². The molecule has 0 spiro atoms. The van der Waals surface area contributed by atoms with Crippen LogP contribution in [0.15, 0.2) is 30.3 Å². The fourth-order valence-electron chi connectivity index (χ4n) is 2.05. The predicted octanol–water partition coefficient (Wildman–Crippen LogP) is 2.72. The van der Waals surface area contributed by atoms with Crippen LogP contribution in [0.4, 0.5) is 0 Å². The van der Waals surface area contributed by atoms with Crippen LogP contribution >= 0.6 is 0 Å². The van der Waals surface area contributed by atoms with Crippen LogP contribution in [0.1, 0.15) is 25.3 Å². The first-order valence-corrected chi connectivity index (χ1v) is 6.49. The summed E-state index contributed by atoms with van der Waals surface area (Å²) in [5.74, 6) is 0.974. The number of amides is 1. The molecule has 2 rings (SSSR count). The Labute approximate surface area is 108 Å². The maximum absolute atomic E-state index is 11.8. The number of nitrogens with zero attached hydrogens (tertiary/aromatic N) is 1. The first-order valence-electron chi connectivity index (χ1n) is 6.49. The van der Waals surface area contributed by atoms with Gasteiger partial charge in [0.15, 0.2) is 0 Å². The van der Waals surface area contributed by atoms with Crippen molar-refractivity contribution in [3.05, 3.63) is 35.9 Å². The van der Waals surface area contributed by atoms with Gasteiger partial charge in [0.1, 0.15) is 5.75 Å². The van der Waals surface area contributed by atoms with Gasteiger partial charge in [-0.15, -0.1) is 0 Å². The van der Waals surface area contributed by atoms with Crippen molar-refractivity contribution >= 4 is 12.0 Å². The largest absolute Gasteiger partial charge is 0.494 e. The summed E-state index contributed by atoms with van der Waals surface area (Å²) in [4.78, 5) is 13.7. The first kappa shape index (κ1) is 12.7. The number of ether oxygens (including phenoxy) is 1. The zero-order valence-electron chi connectivity index (χ0n) is 10.8. The predicted molar refractivity (Wildman–Crippen MR) is 72.5 cm³/mol. The van der Waals surface area contributed by atoms with Crippen molar-refractivity contribution in [1.29, 1.82) is 0 Å². The number of likely N-dealkylation sites (tertiary alicyclic amines) is 1. The summed E-state index contributed by atoms with van der Waals surface area (Å²) in [6.45, 7) is 4.42. The molecule has 1 aliphatic heterocycles. The van der Waals surface area contributed by atoms with Gasteiger partial charge in [0.25, 0.3) is 0 Å². The van der Waals surface area contributed by atoms with Crippen molar-refractivity contribution in [2.75, 3.05) is 19.7 Å². The van der Waals surface area contributed by atoms with Crippen molar-refractivity contribution in [3.8, 4) is 5.75 Å². The topological polar surface area (TPSA) is 29.5 Å². The molecule has 0 N–H and O–H groups in total. The highest BCUT2D eigenvalue weighted by molar-refractivity contribution is 5.91. The first-order chi connectivity index (χ1) is 8.79. The lowest BCUT2D eigenvalue weighted by molar-refractivity contribution is -0.124. The van der Waals surface area contributed by atoms with E-state index in [0.29, 0.717) is 6.61 Å². The third-order valence-corrected chi connectivity index (χ3v) is 3.03. The van der Waals surface area contributed by atoms with Crippen molar-refractivity contribution < 1.29 is 9.53 Å². The molecule has 0 aromatic heterocycles. The van der Waals surface area contributed by atoms with Gasteiger partial charge in [-0.2, -0.15) is 0 Å². The van der Waals surface area contributed by atoms with Crippen LogP contribution in [0.2, 0.25) is 0 Å². The van der Waals surface area contributed by atoms with E-state index in [9.17, 15) is 4.79 Å². The Balaban J connectivity index is 1.93. The van der Waals surface area contributed by atoms with E-state index >= 15 is 0 Å². The standard InChI is InChI=1S/C15H19NO2/c1-2-18-14-8-5-13(6-9-14)7-10-15(17)16-11-3-4-12-16/h5-10H,2-4,11-12H2,1H3/b10-7+. The molecule has 0 aliphatic carbocycles. The Morgan fingerprint density at radius 2 is 1.94 bits per heavy atom. The lowest BCUT2D eigenvalue weighted by Crippen LogP contribution is -2.25. The third kappa shape index (κ3) is 3.36. The highest BCUT2D eigenvalue weighted by Gasteiger charge is 2.14. The second kappa shape index (κ2) is 6.24. The number of hydrogen-bond acceptors (Lipinski definition) is 2. The molecule has 96 valence electrons. The molecular formula is C15H19NO2. The molecule has 1 aliphatic rings. The summed E-state index contributed by atoms with van der Waals surface area (Å²) < 4.78 is 5.37. The van der Waals surface area contributed by atoms with E-state index in [0.717, 1.165) is 37.2 Å². The molecule has 0 radical (unpaired) electrons. The average molecular weight is 245 g/mol. The molecule has 3 heteroatoms. The fourth-order valence-corrected chi connectivity index (χ4v) is 2.05. The number of benzene rings is 1. The lowest BCUT2D eigenvalue weighted by Gasteiger charge is -2.11. The minimum Gasteiger partial charge on any atom is -0.494 e. The van der Waals surface area contributed by atoms with Crippen LogP contribution in [0.3, 0.4) is 0 Å². The molecule has 0 atom stereocenters. The Bertz CT molecular complexity index is 417. The molecule has 1 amide bonds. The van der Waals surface area contributed by atoms with Gasteiger partial charge in [0.05, 0.1) is 6.61 Å². The van der Waals surface area contributed by atoms with E-state index in [2.05, 4.69) is 0 Å². The zero-order valence-corrected chi connectivity index (χ0v) is 10.8. The molecule has 0 unspecified atom stereocenters. The van der Waals surface area contributed by atoms with Gasteiger partial charge < -0.3 is 9.64 Å². The number of rotatable bonds is 4. The van der Waals surface area contributed by atoms with E-state index in [1.165, 1.54) is 0 Å². The number of hydrogen-bond donors (Lipinski definition) is 0. The van der Waals surface area contributed by atoms with Gasteiger partial charge in [0.2, 0.25) is 5.91 Å². The van der Waals surface area contributed by atoms with Crippen molar-refractivity contribution in [1.82, 2.24) is 4.90 Å². The minimum atomic E-state index is 0.112. The van der Waals surface area contributed by atoms with Gasteiger partial charge in [-0.25, -0.2) is 0 Å². The molecule has 1 aromatic carbocycles. The van der Waals surface area contributed by atoms with Crippen molar-refractivity contribution in [2.24, 2.45) is 0 Å². The van der Waals surface area contributed by atoms with Gasteiger partial charge in [-0.1, -0.05) is 12.1 Å². The molecule has 1 saturated heterocycles. The summed E-state index contributed by atoms with van der Waals surface area (Å²) in [6, 6.07) is 7.75. The molecule has 1 fully saturated rings. The Kier molecular flexibility index (Phi) is 4.40. The fraction of sp³-hybridized carbons (Fsp3) is 0.400. The van der Waals surface area contributed by atoms with Crippen LogP contribution < -0.4 is 4.74 Å². The van der Waals surface area contributed by atoms with Crippen molar-refractivity contribution in [2.45, 2.75) is 19.8 Å². The second-order valence-electron chi connectivity index (χ2n) is 4.37.